The maximum absolute atomic E-state index is 13.6. The number of nitrogens with zero attached hydrogens (tertiary/aromatic N) is 4. The molecular weight excluding hydrogens is 357 g/mol. The van der Waals surface area contributed by atoms with Gasteiger partial charge in [-0.15, -0.1) is 0 Å². The summed E-state index contributed by atoms with van der Waals surface area (Å²) in [6.07, 6.45) is 3.66. The van der Waals surface area contributed by atoms with Gasteiger partial charge in [0.05, 0.1) is 0 Å². The van der Waals surface area contributed by atoms with Crippen molar-refractivity contribution in [3.63, 3.8) is 0 Å². The minimum absolute atomic E-state index is 0.103. The van der Waals surface area contributed by atoms with Crippen LogP contribution in [0.25, 0.3) is 22.6 Å². The second-order valence-corrected chi connectivity index (χ2v) is 7.43. The van der Waals surface area contributed by atoms with Gasteiger partial charge in [-0.25, -0.2) is 19.3 Å². The number of halogens is 1. The van der Waals surface area contributed by atoms with Crippen LogP contribution in [0.15, 0.2) is 24.3 Å². The Morgan fingerprint density at radius 3 is 2.86 bits per heavy atom. The van der Waals surface area contributed by atoms with Crippen molar-refractivity contribution in [2.45, 2.75) is 38.2 Å². The highest BCUT2D eigenvalue weighted by molar-refractivity contribution is 5.85. The van der Waals surface area contributed by atoms with Crippen LogP contribution < -0.4 is 5.73 Å². The normalized spacial score (nSPS) is 22.1. The number of aromatic nitrogens is 4. The van der Waals surface area contributed by atoms with Gasteiger partial charge in [-0.2, -0.15) is 0 Å². The first-order chi connectivity index (χ1) is 13.4. The molecule has 4 rings (SSSR count). The van der Waals surface area contributed by atoms with E-state index in [4.69, 9.17) is 5.73 Å². The Balaban J connectivity index is 1.77. The van der Waals surface area contributed by atoms with Gasteiger partial charge in [0, 0.05) is 12.6 Å². The quantitative estimate of drug-likeness (QED) is 0.634. The molecule has 144 valence electrons. The Bertz CT molecular complexity index is 1110. The zero-order chi connectivity index (χ0) is 19.9. The molecule has 28 heavy (non-hydrogen) atoms. The Morgan fingerprint density at radius 1 is 1.29 bits per heavy atom. The molecular formula is C21H22FN5O. The average Bonchev–Trinajstić information content (AvgIpc) is 3.00. The summed E-state index contributed by atoms with van der Waals surface area (Å²) < 4.78 is 15.3. The number of aryl methyl sites for hydroxylation is 1. The monoisotopic (exact) mass is 379 g/mol. The summed E-state index contributed by atoms with van der Waals surface area (Å²) in [5.74, 6) is 6.62. The highest BCUT2D eigenvalue weighted by atomic mass is 19.1. The Labute approximate surface area is 162 Å². The summed E-state index contributed by atoms with van der Waals surface area (Å²) in [6.45, 7) is 2.01. The molecule has 1 aromatic carbocycles. The largest absolute Gasteiger partial charge is 0.382 e. The van der Waals surface area contributed by atoms with Gasteiger partial charge in [0.15, 0.2) is 17.0 Å². The van der Waals surface area contributed by atoms with Gasteiger partial charge in [0.25, 0.3) is 0 Å². The van der Waals surface area contributed by atoms with Crippen LogP contribution >= 0.6 is 0 Å². The molecule has 3 N–H and O–H groups in total. The zero-order valence-electron chi connectivity index (χ0n) is 15.9. The Morgan fingerprint density at radius 2 is 2.11 bits per heavy atom. The topological polar surface area (TPSA) is 89.9 Å². The predicted molar refractivity (Wildman–Crippen MR) is 106 cm³/mol. The van der Waals surface area contributed by atoms with Gasteiger partial charge in [0.1, 0.15) is 17.2 Å². The molecule has 2 atom stereocenters. The molecule has 6 nitrogen and oxygen atoms in total. The van der Waals surface area contributed by atoms with Crippen LogP contribution in [0.5, 0.6) is 0 Å². The van der Waals surface area contributed by atoms with E-state index in [0.29, 0.717) is 29.0 Å². The molecule has 0 saturated heterocycles. The molecule has 1 saturated carbocycles. The fourth-order valence-corrected chi connectivity index (χ4v) is 3.70. The number of aliphatic hydroxyl groups is 1. The van der Waals surface area contributed by atoms with Crippen molar-refractivity contribution in [1.29, 1.82) is 0 Å². The maximum atomic E-state index is 13.6. The number of anilines is 1. The molecule has 0 spiro atoms. The number of imidazole rings is 1. The number of nitrogens with two attached hydrogens (primary N) is 1. The second-order valence-electron chi connectivity index (χ2n) is 7.43. The van der Waals surface area contributed by atoms with E-state index in [1.807, 2.05) is 6.92 Å². The lowest BCUT2D eigenvalue weighted by atomic mass is 9.77. The van der Waals surface area contributed by atoms with E-state index >= 15 is 0 Å². The van der Waals surface area contributed by atoms with Crippen molar-refractivity contribution in [3.8, 4) is 23.2 Å². The highest BCUT2D eigenvalue weighted by Gasteiger charge is 2.34. The Hall–Kier alpha value is -2.98. The van der Waals surface area contributed by atoms with E-state index in [1.54, 1.807) is 23.7 Å². The fraction of sp³-hybridized carbons (Fsp3) is 0.381. The highest BCUT2D eigenvalue weighted by Crippen LogP contribution is 2.33. The number of fused-ring (bicyclic) bond motifs is 1. The minimum atomic E-state index is -1.02. The average molecular weight is 379 g/mol. The number of benzene rings is 1. The van der Waals surface area contributed by atoms with Crippen LogP contribution in [-0.4, -0.2) is 30.2 Å². The number of rotatable bonds is 1. The van der Waals surface area contributed by atoms with Crippen LogP contribution in [0, 0.1) is 23.6 Å². The molecule has 0 bridgehead atoms. The fourth-order valence-electron chi connectivity index (χ4n) is 3.70. The molecule has 3 aromatic rings. The third-order valence-corrected chi connectivity index (χ3v) is 5.48. The smallest absolute Gasteiger partial charge is 0.209 e. The summed E-state index contributed by atoms with van der Waals surface area (Å²) in [5.41, 5.74) is 6.64. The summed E-state index contributed by atoms with van der Waals surface area (Å²) >= 11 is 0. The number of hydrogen-bond donors (Lipinski definition) is 2. The maximum Gasteiger partial charge on any atom is 0.209 e. The van der Waals surface area contributed by atoms with Gasteiger partial charge >= 0.3 is 0 Å². The summed E-state index contributed by atoms with van der Waals surface area (Å²) in [4.78, 5) is 13.2. The molecule has 2 unspecified atom stereocenters. The summed E-state index contributed by atoms with van der Waals surface area (Å²) in [7, 11) is 1.79. The summed E-state index contributed by atoms with van der Waals surface area (Å²) in [6, 6.07) is 6.19. The lowest BCUT2D eigenvalue weighted by molar-refractivity contribution is 0.0126. The van der Waals surface area contributed by atoms with Crippen LogP contribution in [0.2, 0.25) is 0 Å². The van der Waals surface area contributed by atoms with Crippen LogP contribution in [0.4, 0.5) is 10.2 Å². The molecule has 7 heteroatoms. The second kappa shape index (κ2) is 6.88. The molecule has 1 fully saturated rings. The van der Waals surface area contributed by atoms with Crippen molar-refractivity contribution in [2.24, 2.45) is 13.0 Å². The molecule has 0 radical (unpaired) electrons. The van der Waals surface area contributed by atoms with Gasteiger partial charge in [0.2, 0.25) is 5.82 Å². The van der Waals surface area contributed by atoms with E-state index in [9.17, 15) is 9.50 Å². The van der Waals surface area contributed by atoms with Crippen molar-refractivity contribution in [1.82, 2.24) is 19.5 Å². The third-order valence-electron chi connectivity index (χ3n) is 5.48. The molecule has 0 amide bonds. The van der Waals surface area contributed by atoms with Gasteiger partial charge in [-0.3, -0.25) is 0 Å². The first-order valence-corrected chi connectivity index (χ1v) is 9.39. The number of nitrogen functional groups attached to an aromatic ring is 1. The lowest BCUT2D eigenvalue weighted by Crippen LogP contribution is -2.37. The van der Waals surface area contributed by atoms with E-state index < -0.39 is 5.60 Å². The van der Waals surface area contributed by atoms with Gasteiger partial charge < -0.3 is 15.4 Å². The van der Waals surface area contributed by atoms with E-state index in [1.165, 1.54) is 12.1 Å². The molecule has 0 aliphatic heterocycles. The van der Waals surface area contributed by atoms with Crippen LogP contribution in [0.3, 0.4) is 0 Å². The van der Waals surface area contributed by atoms with Crippen molar-refractivity contribution in [2.75, 3.05) is 5.73 Å². The van der Waals surface area contributed by atoms with Crippen LogP contribution in [-0.2, 0) is 7.05 Å². The summed E-state index contributed by atoms with van der Waals surface area (Å²) in [5, 5.41) is 10.8. The van der Waals surface area contributed by atoms with Crippen LogP contribution in [0.1, 0.15) is 38.4 Å². The molecule has 2 aromatic heterocycles. The van der Waals surface area contributed by atoms with Crippen molar-refractivity contribution >= 4 is 17.0 Å². The minimum Gasteiger partial charge on any atom is -0.382 e. The predicted octanol–water partition coefficient (Wildman–Crippen LogP) is 3.04. The van der Waals surface area contributed by atoms with Gasteiger partial charge in [-0.05, 0) is 43.2 Å². The molecule has 2 heterocycles. The zero-order valence-corrected chi connectivity index (χ0v) is 15.9. The van der Waals surface area contributed by atoms with E-state index in [-0.39, 0.29) is 23.4 Å². The third kappa shape index (κ3) is 3.20. The lowest BCUT2D eigenvalue weighted by Gasteiger charge is -2.33. The van der Waals surface area contributed by atoms with Crippen molar-refractivity contribution in [3.05, 3.63) is 35.9 Å². The van der Waals surface area contributed by atoms with E-state index in [0.717, 1.165) is 19.3 Å². The first-order valence-electron chi connectivity index (χ1n) is 9.39. The Kier molecular flexibility index (Phi) is 4.52. The number of hydrogen-bond acceptors (Lipinski definition) is 5. The molecule has 1 aliphatic carbocycles. The standard InChI is InChI=1S/C21H22FN5O/c1-13-6-3-4-10-21(13,28)11-9-16-24-18(23)17-20(25-16)27(2)19(26-17)14-7-5-8-15(22)12-14/h5,7-8,12-13,28H,3-4,6,10H2,1-2H3,(H2,23,24,25). The van der Waals surface area contributed by atoms with E-state index in [2.05, 4.69) is 26.8 Å². The van der Waals surface area contributed by atoms with Gasteiger partial charge in [-0.1, -0.05) is 31.4 Å². The SMILES string of the molecule is CC1CCCCC1(O)C#Cc1nc(N)c2nc(-c3cccc(F)c3)n(C)c2n1. The molecule has 1 aliphatic rings. The van der Waals surface area contributed by atoms with Crippen molar-refractivity contribution < 1.29 is 9.50 Å². The first kappa shape index (κ1) is 18.4.